The number of carbonyl (C=O) groups excluding carboxylic acids is 1. The summed E-state index contributed by atoms with van der Waals surface area (Å²) in [5.74, 6) is 0.266. The van der Waals surface area contributed by atoms with Gasteiger partial charge in [0.05, 0.1) is 19.3 Å². The van der Waals surface area contributed by atoms with Gasteiger partial charge in [-0.1, -0.05) is 33.8 Å². The zero-order valence-corrected chi connectivity index (χ0v) is 12.9. The van der Waals surface area contributed by atoms with Gasteiger partial charge in [-0.25, -0.2) is 4.79 Å². The van der Waals surface area contributed by atoms with E-state index < -0.39 is 0 Å². The minimum atomic E-state index is -0.368. The van der Waals surface area contributed by atoms with E-state index in [1.54, 1.807) is 31.4 Å². The summed E-state index contributed by atoms with van der Waals surface area (Å²) in [5, 5.41) is 0. The fraction of sp³-hybridized carbons (Fsp3) is 0.533. The van der Waals surface area contributed by atoms with Gasteiger partial charge in [-0.3, -0.25) is 0 Å². The van der Waals surface area contributed by atoms with Crippen LogP contribution in [-0.4, -0.2) is 33.4 Å². The number of esters is 1. The van der Waals surface area contributed by atoms with E-state index in [0.29, 0.717) is 24.5 Å². The average Bonchev–Trinajstić information content (AvgIpc) is 2.51. The smallest absolute Gasteiger partial charge is 0.337 e. The van der Waals surface area contributed by atoms with E-state index in [1.807, 2.05) is 27.7 Å². The summed E-state index contributed by atoms with van der Waals surface area (Å²) >= 11 is 0. The third-order valence-electron chi connectivity index (χ3n) is 1.81. The monoisotopic (exact) mass is 270 g/mol. The van der Waals surface area contributed by atoms with Gasteiger partial charge in [-0.05, 0) is 18.2 Å². The fourth-order valence-corrected chi connectivity index (χ4v) is 1.07. The lowest BCUT2D eigenvalue weighted by molar-refractivity contribution is 0.0600. The van der Waals surface area contributed by atoms with Gasteiger partial charge in [0.15, 0.2) is 0 Å². The SMILES string of the molecule is CC.CC.COCCOc1cccc(C(=O)OC)c1. The lowest BCUT2D eigenvalue weighted by Crippen LogP contribution is -2.05. The molecule has 1 aromatic rings. The summed E-state index contributed by atoms with van der Waals surface area (Å²) < 4.78 is 14.8. The Bertz CT molecular complexity index is 324. The molecule has 0 aliphatic heterocycles. The molecule has 0 aliphatic rings. The Morgan fingerprint density at radius 2 is 1.68 bits per heavy atom. The van der Waals surface area contributed by atoms with Crippen molar-refractivity contribution in [3.8, 4) is 5.75 Å². The molecule has 110 valence electrons. The van der Waals surface area contributed by atoms with Crippen LogP contribution in [0.3, 0.4) is 0 Å². The van der Waals surface area contributed by atoms with E-state index in [-0.39, 0.29) is 5.97 Å². The van der Waals surface area contributed by atoms with E-state index in [2.05, 4.69) is 4.74 Å². The van der Waals surface area contributed by atoms with Crippen molar-refractivity contribution in [2.45, 2.75) is 27.7 Å². The predicted octanol–water partition coefficient (Wildman–Crippen LogP) is 3.55. The van der Waals surface area contributed by atoms with Gasteiger partial charge in [0.2, 0.25) is 0 Å². The van der Waals surface area contributed by atoms with Crippen LogP contribution >= 0.6 is 0 Å². The predicted molar refractivity (Wildman–Crippen MR) is 77.8 cm³/mol. The second kappa shape index (κ2) is 14.5. The van der Waals surface area contributed by atoms with Crippen molar-refractivity contribution in [1.29, 1.82) is 0 Å². The standard InChI is InChI=1S/C11H14O4.2C2H6/c1-13-6-7-15-10-5-3-4-9(8-10)11(12)14-2;2*1-2/h3-5,8H,6-7H2,1-2H3;2*1-2H3. The fourth-order valence-electron chi connectivity index (χ4n) is 1.07. The molecule has 0 aliphatic carbocycles. The summed E-state index contributed by atoms with van der Waals surface area (Å²) in [6.07, 6.45) is 0. The Labute approximate surface area is 116 Å². The van der Waals surface area contributed by atoms with Crippen molar-refractivity contribution in [2.24, 2.45) is 0 Å². The first-order valence-corrected chi connectivity index (χ1v) is 6.58. The molecule has 4 heteroatoms. The summed E-state index contributed by atoms with van der Waals surface area (Å²) in [4.78, 5) is 11.2. The first kappa shape index (κ1) is 19.8. The van der Waals surface area contributed by atoms with Crippen LogP contribution in [0, 0.1) is 0 Å². The molecule has 0 saturated carbocycles. The largest absolute Gasteiger partial charge is 0.491 e. The summed E-state index contributed by atoms with van der Waals surface area (Å²) in [6, 6.07) is 6.84. The minimum Gasteiger partial charge on any atom is -0.491 e. The lowest BCUT2D eigenvalue weighted by Gasteiger charge is -2.06. The molecule has 0 radical (unpaired) electrons. The highest BCUT2D eigenvalue weighted by molar-refractivity contribution is 5.89. The van der Waals surface area contributed by atoms with Crippen LogP contribution in [0.15, 0.2) is 24.3 Å². The molecule has 19 heavy (non-hydrogen) atoms. The molecular formula is C15H26O4. The van der Waals surface area contributed by atoms with Crippen molar-refractivity contribution < 1.29 is 19.0 Å². The highest BCUT2D eigenvalue weighted by Gasteiger charge is 2.05. The van der Waals surface area contributed by atoms with Gasteiger partial charge in [-0.15, -0.1) is 0 Å². The number of ether oxygens (including phenoxy) is 3. The molecular weight excluding hydrogens is 244 g/mol. The first-order chi connectivity index (χ1) is 9.27. The van der Waals surface area contributed by atoms with Crippen molar-refractivity contribution in [1.82, 2.24) is 0 Å². The normalized spacial score (nSPS) is 8.32. The van der Waals surface area contributed by atoms with Crippen LogP contribution < -0.4 is 4.74 Å². The molecule has 1 rings (SSSR count). The Balaban J connectivity index is 0. The molecule has 0 fully saturated rings. The maximum absolute atomic E-state index is 11.2. The van der Waals surface area contributed by atoms with Crippen LogP contribution in [-0.2, 0) is 9.47 Å². The zero-order chi connectivity index (χ0) is 15.1. The number of rotatable bonds is 5. The van der Waals surface area contributed by atoms with Crippen molar-refractivity contribution in [2.75, 3.05) is 27.4 Å². The molecule has 4 nitrogen and oxygen atoms in total. The molecule has 1 aromatic carbocycles. The van der Waals surface area contributed by atoms with Crippen LogP contribution in [0.2, 0.25) is 0 Å². The van der Waals surface area contributed by atoms with E-state index in [1.165, 1.54) is 7.11 Å². The Morgan fingerprint density at radius 3 is 2.21 bits per heavy atom. The topological polar surface area (TPSA) is 44.8 Å². The minimum absolute atomic E-state index is 0.368. The van der Waals surface area contributed by atoms with E-state index >= 15 is 0 Å². The number of hydrogen-bond acceptors (Lipinski definition) is 4. The summed E-state index contributed by atoms with van der Waals surface area (Å²) in [5.41, 5.74) is 0.479. The molecule has 0 heterocycles. The number of benzene rings is 1. The zero-order valence-electron chi connectivity index (χ0n) is 12.9. The van der Waals surface area contributed by atoms with E-state index in [0.717, 1.165) is 0 Å². The first-order valence-electron chi connectivity index (χ1n) is 6.58. The molecule has 0 aromatic heterocycles. The summed E-state index contributed by atoms with van der Waals surface area (Å²) in [7, 11) is 2.95. The van der Waals surface area contributed by atoms with Gasteiger partial charge in [-0.2, -0.15) is 0 Å². The van der Waals surface area contributed by atoms with Gasteiger partial charge in [0, 0.05) is 7.11 Å². The van der Waals surface area contributed by atoms with Crippen LogP contribution in [0.1, 0.15) is 38.1 Å². The number of carbonyl (C=O) groups is 1. The highest BCUT2D eigenvalue weighted by atomic mass is 16.5. The van der Waals surface area contributed by atoms with Crippen LogP contribution in [0.25, 0.3) is 0 Å². The van der Waals surface area contributed by atoms with Crippen LogP contribution in [0.5, 0.6) is 5.75 Å². The van der Waals surface area contributed by atoms with Crippen molar-refractivity contribution in [3.05, 3.63) is 29.8 Å². The molecule has 0 saturated heterocycles. The molecule has 0 atom stereocenters. The van der Waals surface area contributed by atoms with Gasteiger partial charge < -0.3 is 14.2 Å². The average molecular weight is 270 g/mol. The Kier molecular flexibility index (Phi) is 15.1. The van der Waals surface area contributed by atoms with Gasteiger partial charge >= 0.3 is 5.97 Å². The maximum Gasteiger partial charge on any atom is 0.337 e. The number of hydrogen-bond donors (Lipinski definition) is 0. The third-order valence-corrected chi connectivity index (χ3v) is 1.81. The van der Waals surface area contributed by atoms with Crippen molar-refractivity contribution >= 4 is 5.97 Å². The molecule has 0 N–H and O–H groups in total. The van der Waals surface area contributed by atoms with E-state index in [4.69, 9.17) is 9.47 Å². The Hall–Kier alpha value is -1.55. The number of methoxy groups -OCH3 is 2. The second-order valence-corrected chi connectivity index (χ2v) is 2.86. The Morgan fingerprint density at radius 1 is 1.05 bits per heavy atom. The quantitative estimate of drug-likeness (QED) is 0.606. The second-order valence-electron chi connectivity index (χ2n) is 2.86. The lowest BCUT2D eigenvalue weighted by atomic mass is 10.2. The molecule has 0 spiro atoms. The summed E-state index contributed by atoms with van der Waals surface area (Å²) in [6.45, 7) is 8.98. The van der Waals surface area contributed by atoms with Gasteiger partial charge in [0.25, 0.3) is 0 Å². The van der Waals surface area contributed by atoms with Crippen molar-refractivity contribution in [3.63, 3.8) is 0 Å². The van der Waals surface area contributed by atoms with Gasteiger partial charge in [0.1, 0.15) is 12.4 Å². The van der Waals surface area contributed by atoms with Crippen LogP contribution in [0.4, 0.5) is 0 Å². The van der Waals surface area contributed by atoms with E-state index in [9.17, 15) is 4.79 Å². The maximum atomic E-state index is 11.2. The molecule has 0 bridgehead atoms. The highest BCUT2D eigenvalue weighted by Crippen LogP contribution is 2.13. The molecule has 0 unspecified atom stereocenters. The third kappa shape index (κ3) is 9.08. The molecule has 0 amide bonds.